The van der Waals surface area contributed by atoms with Crippen molar-refractivity contribution in [3.8, 4) is 0 Å². The number of rotatable bonds is 5. The lowest BCUT2D eigenvalue weighted by molar-refractivity contribution is 0.364. The van der Waals surface area contributed by atoms with E-state index in [1.165, 1.54) is 6.42 Å². The maximum absolute atomic E-state index is 12.6. The van der Waals surface area contributed by atoms with Crippen LogP contribution in [-0.2, 0) is 16.6 Å². The van der Waals surface area contributed by atoms with E-state index >= 15 is 0 Å². The maximum atomic E-state index is 12.6. The van der Waals surface area contributed by atoms with Gasteiger partial charge < -0.3 is 10.3 Å². The molecule has 1 aliphatic heterocycles. The van der Waals surface area contributed by atoms with Crippen molar-refractivity contribution in [3.05, 3.63) is 18.0 Å². The van der Waals surface area contributed by atoms with Crippen molar-refractivity contribution in [2.24, 2.45) is 0 Å². The molecule has 0 unspecified atom stereocenters. The van der Waals surface area contributed by atoms with Crippen LogP contribution in [0.15, 0.2) is 17.2 Å². The Bertz CT molecular complexity index is 502. The van der Waals surface area contributed by atoms with Crippen LogP contribution in [0.5, 0.6) is 0 Å². The van der Waals surface area contributed by atoms with Gasteiger partial charge in [0.25, 0.3) is 0 Å². The van der Waals surface area contributed by atoms with Crippen LogP contribution in [0.1, 0.15) is 44.7 Å². The van der Waals surface area contributed by atoms with E-state index in [0.29, 0.717) is 24.5 Å². The number of hydrogen-bond donors (Lipinski definition) is 2. The van der Waals surface area contributed by atoms with Crippen LogP contribution in [-0.4, -0.2) is 37.3 Å². The Balaban J connectivity index is 2.09. The van der Waals surface area contributed by atoms with Gasteiger partial charge in [-0.05, 0) is 25.5 Å². The quantitative estimate of drug-likeness (QED) is 0.875. The summed E-state index contributed by atoms with van der Waals surface area (Å²) in [5.74, 6) is 0. The van der Waals surface area contributed by atoms with E-state index in [2.05, 4.69) is 10.3 Å². The molecular weight excluding hydrogens is 274 g/mol. The van der Waals surface area contributed by atoms with Crippen molar-refractivity contribution in [2.45, 2.75) is 50.5 Å². The van der Waals surface area contributed by atoms with Crippen molar-refractivity contribution >= 4 is 10.0 Å². The van der Waals surface area contributed by atoms with Crippen LogP contribution in [0.4, 0.5) is 0 Å². The van der Waals surface area contributed by atoms with Gasteiger partial charge in [0, 0.05) is 31.5 Å². The molecule has 0 aliphatic carbocycles. The Kier molecular flexibility index (Phi) is 5.63. The average Bonchev–Trinajstić information content (AvgIpc) is 2.84. The van der Waals surface area contributed by atoms with Crippen LogP contribution in [0.2, 0.25) is 0 Å². The smallest absolute Gasteiger partial charge is 0.244 e. The molecule has 2 N–H and O–H groups in total. The fourth-order valence-corrected chi connectivity index (χ4v) is 4.07. The number of aromatic amines is 1. The van der Waals surface area contributed by atoms with Gasteiger partial charge >= 0.3 is 0 Å². The van der Waals surface area contributed by atoms with Crippen LogP contribution in [0, 0.1) is 0 Å². The molecule has 0 atom stereocenters. The molecule has 1 saturated heterocycles. The fraction of sp³-hybridized carbons (Fsp3) is 0.714. The summed E-state index contributed by atoms with van der Waals surface area (Å²) in [4.78, 5) is 3.44. The standard InChI is InChI=1S/C14H25N3O2S/c1-2-15-11-13-10-14(12-16-13)20(18,19)17-8-6-4-3-5-7-9-17/h10,12,15-16H,2-9,11H2,1H3. The first-order valence-electron chi connectivity index (χ1n) is 7.52. The molecule has 1 aromatic rings. The lowest BCUT2D eigenvalue weighted by Crippen LogP contribution is -2.33. The SMILES string of the molecule is CCNCc1cc(S(=O)(=O)N2CCCCCCC2)c[nH]1. The molecule has 6 heteroatoms. The number of H-pyrrole nitrogens is 1. The highest BCUT2D eigenvalue weighted by atomic mass is 32.2. The predicted molar refractivity (Wildman–Crippen MR) is 80.0 cm³/mol. The molecule has 0 amide bonds. The average molecular weight is 299 g/mol. The van der Waals surface area contributed by atoms with E-state index in [9.17, 15) is 8.42 Å². The van der Waals surface area contributed by atoms with E-state index in [1.54, 1.807) is 16.6 Å². The summed E-state index contributed by atoms with van der Waals surface area (Å²) in [6.45, 7) is 4.87. The van der Waals surface area contributed by atoms with Crippen molar-refractivity contribution < 1.29 is 8.42 Å². The molecule has 20 heavy (non-hydrogen) atoms. The van der Waals surface area contributed by atoms with Crippen molar-refractivity contribution in [3.63, 3.8) is 0 Å². The fourth-order valence-electron chi connectivity index (χ4n) is 2.54. The molecule has 0 bridgehead atoms. The number of nitrogens with zero attached hydrogens (tertiary/aromatic N) is 1. The number of sulfonamides is 1. The van der Waals surface area contributed by atoms with Gasteiger partial charge in [0.2, 0.25) is 10.0 Å². The highest BCUT2D eigenvalue weighted by Gasteiger charge is 2.25. The molecule has 114 valence electrons. The van der Waals surface area contributed by atoms with Gasteiger partial charge in [-0.1, -0.05) is 26.2 Å². The molecule has 0 spiro atoms. The third-order valence-electron chi connectivity index (χ3n) is 3.73. The second-order valence-electron chi connectivity index (χ2n) is 5.31. The zero-order valence-corrected chi connectivity index (χ0v) is 13.0. The van der Waals surface area contributed by atoms with E-state index in [1.807, 2.05) is 6.92 Å². The molecule has 1 aromatic heterocycles. The summed E-state index contributed by atoms with van der Waals surface area (Å²) in [7, 11) is -3.33. The van der Waals surface area contributed by atoms with Gasteiger partial charge in [0.1, 0.15) is 0 Å². The second kappa shape index (κ2) is 7.24. The first-order valence-corrected chi connectivity index (χ1v) is 8.97. The molecular formula is C14H25N3O2S. The normalized spacial score (nSPS) is 18.6. The zero-order valence-electron chi connectivity index (χ0n) is 12.2. The lowest BCUT2D eigenvalue weighted by Gasteiger charge is -2.23. The van der Waals surface area contributed by atoms with E-state index < -0.39 is 10.0 Å². The molecule has 5 nitrogen and oxygen atoms in total. The maximum Gasteiger partial charge on any atom is 0.244 e. The Labute approximate surface area is 121 Å². The zero-order chi connectivity index (χ0) is 14.4. The molecule has 0 aromatic carbocycles. The van der Waals surface area contributed by atoms with Gasteiger partial charge in [-0.3, -0.25) is 0 Å². The van der Waals surface area contributed by atoms with Crippen LogP contribution in [0.25, 0.3) is 0 Å². The lowest BCUT2D eigenvalue weighted by atomic mass is 10.1. The molecule has 0 radical (unpaired) electrons. The molecule has 1 fully saturated rings. The minimum Gasteiger partial charge on any atom is -0.363 e. The van der Waals surface area contributed by atoms with Crippen molar-refractivity contribution in [2.75, 3.05) is 19.6 Å². The Morgan fingerprint density at radius 1 is 1.20 bits per heavy atom. The van der Waals surface area contributed by atoms with Gasteiger partial charge in [-0.25, -0.2) is 8.42 Å². The second-order valence-corrected chi connectivity index (χ2v) is 7.25. The van der Waals surface area contributed by atoms with E-state index in [0.717, 1.165) is 37.9 Å². The molecule has 2 rings (SSSR count). The summed E-state index contributed by atoms with van der Waals surface area (Å²) in [6, 6.07) is 1.75. The summed E-state index contributed by atoms with van der Waals surface area (Å²) in [5.41, 5.74) is 0.914. The first-order chi connectivity index (χ1) is 9.64. The molecule has 0 saturated carbocycles. The third-order valence-corrected chi connectivity index (χ3v) is 5.61. The van der Waals surface area contributed by atoms with Crippen LogP contribution < -0.4 is 5.32 Å². The number of hydrogen-bond acceptors (Lipinski definition) is 3. The van der Waals surface area contributed by atoms with Crippen molar-refractivity contribution in [1.82, 2.24) is 14.6 Å². The Hall–Kier alpha value is -0.850. The topological polar surface area (TPSA) is 65.2 Å². The first kappa shape index (κ1) is 15.5. The van der Waals surface area contributed by atoms with Crippen molar-refractivity contribution in [1.29, 1.82) is 0 Å². The monoisotopic (exact) mass is 299 g/mol. The third kappa shape index (κ3) is 3.84. The molecule has 2 heterocycles. The summed E-state index contributed by atoms with van der Waals surface area (Å²) in [5, 5.41) is 3.19. The summed E-state index contributed by atoms with van der Waals surface area (Å²) in [6.07, 6.45) is 7.03. The summed E-state index contributed by atoms with van der Waals surface area (Å²) >= 11 is 0. The largest absolute Gasteiger partial charge is 0.363 e. The number of nitrogens with one attached hydrogen (secondary N) is 2. The van der Waals surface area contributed by atoms with Gasteiger partial charge in [-0.2, -0.15) is 4.31 Å². The van der Waals surface area contributed by atoms with Gasteiger partial charge in [0.05, 0.1) is 4.90 Å². The minimum absolute atomic E-state index is 0.394. The van der Waals surface area contributed by atoms with E-state index in [-0.39, 0.29) is 0 Å². The van der Waals surface area contributed by atoms with E-state index in [4.69, 9.17) is 0 Å². The minimum atomic E-state index is -3.33. The highest BCUT2D eigenvalue weighted by molar-refractivity contribution is 7.89. The summed E-state index contributed by atoms with van der Waals surface area (Å²) < 4.78 is 26.9. The van der Waals surface area contributed by atoms with Gasteiger partial charge in [0.15, 0.2) is 0 Å². The van der Waals surface area contributed by atoms with Gasteiger partial charge in [-0.15, -0.1) is 0 Å². The van der Waals surface area contributed by atoms with Crippen LogP contribution in [0.3, 0.4) is 0 Å². The number of aromatic nitrogens is 1. The molecule has 1 aliphatic rings. The Morgan fingerprint density at radius 3 is 2.50 bits per heavy atom. The van der Waals surface area contributed by atoms with Crippen LogP contribution >= 0.6 is 0 Å². The predicted octanol–water partition coefficient (Wildman–Crippen LogP) is 2.08. The highest BCUT2D eigenvalue weighted by Crippen LogP contribution is 2.20. The Morgan fingerprint density at radius 2 is 1.85 bits per heavy atom.